The SMILES string of the molecule is CC(C)(C)NCCCS(=O)(=O)c1ccc(C(F)(F)F)cc1. The maximum absolute atomic E-state index is 12.4. The Labute approximate surface area is 123 Å². The van der Waals surface area contributed by atoms with Crippen LogP contribution in [0.3, 0.4) is 0 Å². The van der Waals surface area contributed by atoms with Gasteiger partial charge in [0.1, 0.15) is 0 Å². The number of rotatable bonds is 5. The van der Waals surface area contributed by atoms with Crippen LogP contribution in [0.1, 0.15) is 32.8 Å². The average Bonchev–Trinajstić information content (AvgIpc) is 2.33. The summed E-state index contributed by atoms with van der Waals surface area (Å²) in [6.07, 6.45) is -4.06. The van der Waals surface area contributed by atoms with Crippen molar-refractivity contribution in [1.82, 2.24) is 5.32 Å². The van der Waals surface area contributed by atoms with Crippen LogP contribution in [0.4, 0.5) is 13.2 Å². The van der Waals surface area contributed by atoms with Gasteiger partial charge in [-0.2, -0.15) is 13.2 Å². The van der Waals surface area contributed by atoms with Gasteiger partial charge in [0.05, 0.1) is 16.2 Å². The summed E-state index contributed by atoms with van der Waals surface area (Å²) in [5.74, 6) is -0.0958. The highest BCUT2D eigenvalue weighted by Crippen LogP contribution is 2.29. The summed E-state index contributed by atoms with van der Waals surface area (Å²) >= 11 is 0. The summed E-state index contributed by atoms with van der Waals surface area (Å²) in [5.41, 5.74) is -0.950. The van der Waals surface area contributed by atoms with Gasteiger partial charge in [0, 0.05) is 5.54 Å². The topological polar surface area (TPSA) is 46.2 Å². The summed E-state index contributed by atoms with van der Waals surface area (Å²) in [6.45, 7) is 6.44. The summed E-state index contributed by atoms with van der Waals surface area (Å²) in [5, 5.41) is 3.16. The van der Waals surface area contributed by atoms with Crippen LogP contribution in [-0.2, 0) is 16.0 Å². The first-order chi connectivity index (χ1) is 9.42. The van der Waals surface area contributed by atoms with E-state index < -0.39 is 21.6 Å². The Bertz CT molecular complexity index is 557. The monoisotopic (exact) mass is 323 g/mol. The normalized spacial score (nSPS) is 13.4. The highest BCUT2D eigenvalue weighted by Gasteiger charge is 2.30. The Morgan fingerprint density at radius 2 is 1.57 bits per heavy atom. The van der Waals surface area contributed by atoms with Crippen LogP contribution >= 0.6 is 0 Å². The molecule has 0 aliphatic rings. The minimum Gasteiger partial charge on any atom is -0.312 e. The standard InChI is InChI=1S/C14H20F3NO2S/c1-13(2,3)18-9-4-10-21(19,20)12-7-5-11(6-8-12)14(15,16)17/h5-8,18H,4,9-10H2,1-3H3. The molecule has 0 radical (unpaired) electrons. The summed E-state index contributed by atoms with van der Waals surface area (Å²) < 4.78 is 61.3. The van der Waals surface area contributed by atoms with E-state index in [4.69, 9.17) is 0 Å². The molecule has 0 fully saturated rings. The first kappa shape index (κ1) is 18.0. The van der Waals surface area contributed by atoms with Crippen molar-refractivity contribution in [2.75, 3.05) is 12.3 Å². The fourth-order valence-electron chi connectivity index (χ4n) is 1.69. The second kappa shape index (κ2) is 6.36. The van der Waals surface area contributed by atoms with Gasteiger partial charge in [-0.1, -0.05) is 0 Å². The van der Waals surface area contributed by atoms with Gasteiger partial charge in [-0.15, -0.1) is 0 Å². The fraction of sp³-hybridized carbons (Fsp3) is 0.571. The maximum atomic E-state index is 12.4. The van der Waals surface area contributed by atoms with E-state index >= 15 is 0 Å². The van der Waals surface area contributed by atoms with Crippen molar-refractivity contribution in [3.05, 3.63) is 29.8 Å². The molecule has 7 heteroatoms. The van der Waals surface area contributed by atoms with Gasteiger partial charge >= 0.3 is 6.18 Å². The minimum absolute atomic E-state index is 0.0775. The molecule has 120 valence electrons. The van der Waals surface area contributed by atoms with E-state index in [1.54, 1.807) is 0 Å². The summed E-state index contributed by atoms with van der Waals surface area (Å²) in [7, 11) is -3.55. The molecule has 0 heterocycles. The minimum atomic E-state index is -4.46. The van der Waals surface area contributed by atoms with Crippen LogP contribution in [-0.4, -0.2) is 26.3 Å². The predicted molar refractivity (Wildman–Crippen MR) is 75.9 cm³/mol. The lowest BCUT2D eigenvalue weighted by atomic mass is 10.1. The van der Waals surface area contributed by atoms with E-state index in [0.717, 1.165) is 24.3 Å². The number of benzene rings is 1. The molecule has 0 aromatic heterocycles. The van der Waals surface area contributed by atoms with E-state index in [9.17, 15) is 21.6 Å². The first-order valence-corrected chi connectivity index (χ1v) is 8.22. The van der Waals surface area contributed by atoms with Crippen LogP contribution in [0.15, 0.2) is 29.2 Å². The van der Waals surface area contributed by atoms with Crippen LogP contribution in [0.2, 0.25) is 0 Å². The Morgan fingerprint density at radius 3 is 2.00 bits per heavy atom. The molecule has 0 saturated heterocycles. The number of halogens is 3. The number of sulfone groups is 1. The quantitative estimate of drug-likeness (QED) is 0.846. The number of hydrogen-bond acceptors (Lipinski definition) is 3. The van der Waals surface area contributed by atoms with Crippen LogP contribution in [0.25, 0.3) is 0 Å². The molecule has 0 aliphatic heterocycles. The van der Waals surface area contributed by atoms with E-state index in [1.807, 2.05) is 20.8 Å². The molecule has 1 aromatic carbocycles. The van der Waals surface area contributed by atoms with E-state index in [0.29, 0.717) is 13.0 Å². The highest BCUT2D eigenvalue weighted by atomic mass is 32.2. The van der Waals surface area contributed by atoms with Crippen molar-refractivity contribution in [2.45, 2.75) is 43.8 Å². The van der Waals surface area contributed by atoms with Crippen molar-refractivity contribution in [2.24, 2.45) is 0 Å². The third kappa shape index (κ3) is 6.05. The molecule has 1 rings (SSSR count). The van der Waals surface area contributed by atoms with Gasteiger partial charge < -0.3 is 5.32 Å². The molecule has 0 amide bonds. The fourth-order valence-corrected chi connectivity index (χ4v) is 3.01. The lowest BCUT2D eigenvalue weighted by Crippen LogP contribution is -2.36. The van der Waals surface area contributed by atoms with E-state index in [-0.39, 0.29) is 16.2 Å². The molecular weight excluding hydrogens is 303 g/mol. The number of hydrogen-bond donors (Lipinski definition) is 1. The molecule has 0 aliphatic carbocycles. The molecule has 0 bridgehead atoms. The second-order valence-corrected chi connectivity index (χ2v) is 7.98. The first-order valence-electron chi connectivity index (χ1n) is 6.57. The molecule has 0 unspecified atom stereocenters. The number of alkyl halides is 3. The Balaban J connectivity index is 2.67. The molecule has 0 saturated carbocycles. The molecule has 1 aromatic rings. The zero-order valence-corrected chi connectivity index (χ0v) is 13.1. The third-order valence-electron chi connectivity index (χ3n) is 2.79. The highest BCUT2D eigenvalue weighted by molar-refractivity contribution is 7.91. The maximum Gasteiger partial charge on any atom is 0.416 e. The molecule has 1 N–H and O–H groups in total. The Hall–Kier alpha value is -1.08. The van der Waals surface area contributed by atoms with Gasteiger partial charge in [-0.3, -0.25) is 0 Å². The van der Waals surface area contributed by atoms with Crippen molar-refractivity contribution in [1.29, 1.82) is 0 Å². The van der Waals surface area contributed by atoms with Crippen LogP contribution < -0.4 is 5.32 Å². The van der Waals surface area contributed by atoms with Crippen LogP contribution in [0.5, 0.6) is 0 Å². The Morgan fingerprint density at radius 1 is 1.05 bits per heavy atom. The third-order valence-corrected chi connectivity index (χ3v) is 4.60. The average molecular weight is 323 g/mol. The lowest BCUT2D eigenvalue weighted by molar-refractivity contribution is -0.137. The van der Waals surface area contributed by atoms with Crippen molar-refractivity contribution < 1.29 is 21.6 Å². The Kier molecular flexibility index (Phi) is 5.44. The largest absolute Gasteiger partial charge is 0.416 e. The van der Waals surface area contributed by atoms with Crippen LogP contribution in [0, 0.1) is 0 Å². The molecule has 21 heavy (non-hydrogen) atoms. The molecule has 0 spiro atoms. The zero-order valence-electron chi connectivity index (χ0n) is 12.3. The van der Waals surface area contributed by atoms with E-state index in [1.165, 1.54) is 0 Å². The van der Waals surface area contributed by atoms with Crippen molar-refractivity contribution in [3.63, 3.8) is 0 Å². The van der Waals surface area contributed by atoms with Gasteiger partial charge in [-0.05, 0) is 58.0 Å². The zero-order chi connectivity index (χ0) is 16.3. The summed E-state index contributed by atoms with van der Waals surface area (Å²) in [6, 6.07) is 3.60. The molecular formula is C14H20F3NO2S. The van der Waals surface area contributed by atoms with E-state index in [2.05, 4.69) is 5.32 Å². The lowest BCUT2D eigenvalue weighted by Gasteiger charge is -2.20. The van der Waals surface area contributed by atoms with Gasteiger partial charge in [0.15, 0.2) is 9.84 Å². The summed E-state index contributed by atoms with van der Waals surface area (Å²) in [4.78, 5) is -0.0775. The number of nitrogens with one attached hydrogen (secondary N) is 1. The smallest absolute Gasteiger partial charge is 0.312 e. The predicted octanol–water partition coefficient (Wildman–Crippen LogP) is 3.26. The molecule has 0 atom stereocenters. The molecule has 3 nitrogen and oxygen atoms in total. The van der Waals surface area contributed by atoms with Gasteiger partial charge in [0.2, 0.25) is 0 Å². The van der Waals surface area contributed by atoms with Gasteiger partial charge in [-0.25, -0.2) is 8.42 Å². The van der Waals surface area contributed by atoms with Crippen molar-refractivity contribution >= 4 is 9.84 Å². The van der Waals surface area contributed by atoms with Crippen molar-refractivity contribution in [3.8, 4) is 0 Å². The second-order valence-electron chi connectivity index (χ2n) is 5.87. The van der Waals surface area contributed by atoms with Gasteiger partial charge in [0.25, 0.3) is 0 Å².